The van der Waals surface area contributed by atoms with E-state index in [-0.39, 0.29) is 11.7 Å². The SMILES string of the molecule is O=C1CCC([C@@H](Br)C(=O)O)CC1. The van der Waals surface area contributed by atoms with Crippen molar-refractivity contribution in [3.8, 4) is 0 Å². The van der Waals surface area contributed by atoms with Gasteiger partial charge in [0.25, 0.3) is 0 Å². The van der Waals surface area contributed by atoms with Crippen LogP contribution in [-0.4, -0.2) is 21.7 Å². The molecule has 1 rings (SSSR count). The number of hydrogen-bond acceptors (Lipinski definition) is 2. The number of Topliss-reactive ketones (excluding diaryl/α,β-unsaturated/α-hetero) is 1. The Bertz CT molecular complexity index is 192. The first-order valence-electron chi connectivity index (χ1n) is 4.00. The number of aliphatic carboxylic acids is 1. The van der Waals surface area contributed by atoms with Crippen LogP contribution in [0, 0.1) is 5.92 Å². The molecule has 0 heterocycles. The first kappa shape index (κ1) is 9.71. The molecule has 0 aromatic rings. The number of rotatable bonds is 2. The van der Waals surface area contributed by atoms with Gasteiger partial charge in [0.15, 0.2) is 0 Å². The highest BCUT2D eigenvalue weighted by Gasteiger charge is 2.28. The first-order valence-corrected chi connectivity index (χ1v) is 4.91. The molecule has 4 heteroatoms. The predicted molar refractivity (Wildman–Crippen MR) is 47.3 cm³/mol. The van der Waals surface area contributed by atoms with Gasteiger partial charge in [0.05, 0.1) is 0 Å². The van der Waals surface area contributed by atoms with Crippen molar-refractivity contribution in [3.05, 3.63) is 0 Å². The second-order valence-electron chi connectivity index (χ2n) is 3.12. The van der Waals surface area contributed by atoms with Gasteiger partial charge in [0.1, 0.15) is 10.6 Å². The molecule has 1 aliphatic rings. The van der Waals surface area contributed by atoms with Gasteiger partial charge >= 0.3 is 5.97 Å². The molecular formula is C8H11BrO3. The Kier molecular flexibility index (Phi) is 3.26. The molecule has 0 aromatic heterocycles. The highest BCUT2D eigenvalue weighted by atomic mass is 79.9. The fourth-order valence-corrected chi connectivity index (χ4v) is 1.99. The fraction of sp³-hybridized carbons (Fsp3) is 0.750. The lowest BCUT2D eigenvalue weighted by Crippen LogP contribution is -2.27. The second-order valence-corrected chi connectivity index (χ2v) is 4.10. The number of hydrogen-bond donors (Lipinski definition) is 1. The summed E-state index contributed by atoms with van der Waals surface area (Å²) in [5.41, 5.74) is 0. The lowest BCUT2D eigenvalue weighted by molar-refractivity contribution is -0.138. The van der Waals surface area contributed by atoms with Crippen LogP contribution in [0.3, 0.4) is 0 Å². The normalized spacial score (nSPS) is 22.2. The summed E-state index contributed by atoms with van der Waals surface area (Å²) < 4.78 is 0. The predicted octanol–water partition coefficient (Wildman–Crippen LogP) is 1.59. The van der Waals surface area contributed by atoms with Gasteiger partial charge in [0, 0.05) is 12.8 Å². The molecule has 1 aliphatic carbocycles. The third kappa shape index (κ3) is 2.30. The Labute approximate surface area is 79.3 Å². The van der Waals surface area contributed by atoms with Crippen LogP contribution in [0.1, 0.15) is 25.7 Å². The van der Waals surface area contributed by atoms with E-state index in [9.17, 15) is 9.59 Å². The van der Waals surface area contributed by atoms with Gasteiger partial charge in [-0.1, -0.05) is 15.9 Å². The number of halogens is 1. The third-order valence-corrected chi connectivity index (χ3v) is 3.38. The van der Waals surface area contributed by atoms with E-state index in [1.807, 2.05) is 0 Å². The molecule has 1 N–H and O–H groups in total. The van der Waals surface area contributed by atoms with E-state index >= 15 is 0 Å². The maximum Gasteiger partial charge on any atom is 0.317 e. The maximum absolute atomic E-state index is 10.8. The smallest absolute Gasteiger partial charge is 0.317 e. The molecule has 12 heavy (non-hydrogen) atoms. The molecule has 0 bridgehead atoms. The Morgan fingerprint density at radius 1 is 1.50 bits per heavy atom. The van der Waals surface area contributed by atoms with Gasteiger partial charge < -0.3 is 5.11 Å². The number of carbonyl (C=O) groups is 2. The van der Waals surface area contributed by atoms with E-state index in [2.05, 4.69) is 15.9 Å². The zero-order valence-electron chi connectivity index (χ0n) is 6.62. The summed E-state index contributed by atoms with van der Waals surface area (Å²) in [6.07, 6.45) is 2.50. The molecule has 68 valence electrons. The third-order valence-electron chi connectivity index (χ3n) is 2.24. The summed E-state index contributed by atoms with van der Waals surface area (Å²) in [5, 5.41) is 8.67. The molecule has 0 aliphatic heterocycles. The molecular weight excluding hydrogens is 224 g/mol. The zero-order chi connectivity index (χ0) is 9.14. The van der Waals surface area contributed by atoms with Gasteiger partial charge in [-0.2, -0.15) is 0 Å². The molecule has 3 nitrogen and oxygen atoms in total. The average Bonchev–Trinajstić information content (AvgIpc) is 2.04. The zero-order valence-corrected chi connectivity index (χ0v) is 8.21. The van der Waals surface area contributed by atoms with Crippen molar-refractivity contribution in [2.45, 2.75) is 30.5 Å². The van der Waals surface area contributed by atoms with Crippen molar-refractivity contribution in [1.29, 1.82) is 0 Å². The van der Waals surface area contributed by atoms with Crippen LogP contribution in [0.4, 0.5) is 0 Å². The Balaban J connectivity index is 2.44. The molecule has 0 radical (unpaired) electrons. The largest absolute Gasteiger partial charge is 0.480 e. The van der Waals surface area contributed by atoms with Crippen LogP contribution in [0.2, 0.25) is 0 Å². The van der Waals surface area contributed by atoms with Gasteiger partial charge in [0.2, 0.25) is 0 Å². The lowest BCUT2D eigenvalue weighted by atomic mass is 9.86. The van der Waals surface area contributed by atoms with E-state index in [1.54, 1.807) is 0 Å². The van der Waals surface area contributed by atoms with Gasteiger partial charge in [-0.05, 0) is 18.8 Å². The fourth-order valence-electron chi connectivity index (χ4n) is 1.46. The minimum Gasteiger partial charge on any atom is -0.480 e. The number of carbonyl (C=O) groups excluding carboxylic acids is 1. The van der Waals surface area contributed by atoms with Crippen LogP contribution >= 0.6 is 15.9 Å². The van der Waals surface area contributed by atoms with Crippen molar-refractivity contribution in [2.75, 3.05) is 0 Å². The van der Waals surface area contributed by atoms with Crippen molar-refractivity contribution in [2.24, 2.45) is 5.92 Å². The van der Waals surface area contributed by atoms with E-state index in [1.165, 1.54) is 0 Å². The number of alkyl halides is 1. The second kappa shape index (κ2) is 4.03. The summed E-state index contributed by atoms with van der Waals surface area (Å²) in [5.74, 6) is -0.439. The average molecular weight is 235 g/mol. The standard InChI is InChI=1S/C8H11BrO3/c9-7(8(11)12)5-1-3-6(10)4-2-5/h5,7H,1-4H2,(H,11,12)/t7-/m1/s1. The quantitative estimate of drug-likeness (QED) is 0.739. The molecule has 0 spiro atoms. The first-order chi connectivity index (χ1) is 5.61. The van der Waals surface area contributed by atoms with Gasteiger partial charge in [-0.25, -0.2) is 0 Å². The van der Waals surface area contributed by atoms with Crippen LogP contribution in [0.25, 0.3) is 0 Å². The molecule has 1 atom stereocenters. The lowest BCUT2D eigenvalue weighted by Gasteiger charge is -2.22. The Morgan fingerprint density at radius 3 is 2.42 bits per heavy atom. The molecule has 0 unspecified atom stereocenters. The number of carboxylic acid groups (broad SMARTS) is 1. The van der Waals surface area contributed by atoms with E-state index in [0.29, 0.717) is 25.7 Å². The summed E-state index contributed by atoms with van der Waals surface area (Å²) in [6.45, 7) is 0. The molecule has 1 fully saturated rings. The van der Waals surface area contributed by atoms with Gasteiger partial charge in [-0.3, -0.25) is 9.59 Å². The maximum atomic E-state index is 10.8. The molecule has 0 aromatic carbocycles. The number of ketones is 1. The van der Waals surface area contributed by atoms with Crippen LogP contribution < -0.4 is 0 Å². The summed E-state index contributed by atoms with van der Waals surface area (Å²) >= 11 is 3.11. The van der Waals surface area contributed by atoms with Crippen molar-refractivity contribution in [3.63, 3.8) is 0 Å². The molecule has 1 saturated carbocycles. The number of carboxylic acids is 1. The molecule has 0 amide bonds. The van der Waals surface area contributed by atoms with Crippen LogP contribution in [0.5, 0.6) is 0 Å². The molecule has 0 saturated heterocycles. The topological polar surface area (TPSA) is 54.4 Å². The minimum absolute atomic E-state index is 0.125. The summed E-state index contributed by atoms with van der Waals surface area (Å²) in [6, 6.07) is 0. The van der Waals surface area contributed by atoms with Crippen LogP contribution in [-0.2, 0) is 9.59 Å². The van der Waals surface area contributed by atoms with Gasteiger partial charge in [-0.15, -0.1) is 0 Å². The summed E-state index contributed by atoms with van der Waals surface area (Å²) in [7, 11) is 0. The van der Waals surface area contributed by atoms with Crippen LogP contribution in [0.15, 0.2) is 0 Å². The van der Waals surface area contributed by atoms with E-state index in [4.69, 9.17) is 5.11 Å². The Morgan fingerprint density at radius 2 is 2.00 bits per heavy atom. The monoisotopic (exact) mass is 234 g/mol. The highest BCUT2D eigenvalue weighted by molar-refractivity contribution is 9.10. The van der Waals surface area contributed by atoms with E-state index in [0.717, 1.165) is 0 Å². The highest BCUT2D eigenvalue weighted by Crippen LogP contribution is 2.28. The minimum atomic E-state index is -0.825. The van der Waals surface area contributed by atoms with E-state index < -0.39 is 10.8 Å². The summed E-state index contributed by atoms with van der Waals surface area (Å²) in [4.78, 5) is 20.9. The van der Waals surface area contributed by atoms with Crippen molar-refractivity contribution < 1.29 is 14.7 Å². The Hall–Kier alpha value is -0.380. The van der Waals surface area contributed by atoms with Crippen molar-refractivity contribution >= 4 is 27.7 Å². The van der Waals surface area contributed by atoms with Crippen molar-refractivity contribution in [1.82, 2.24) is 0 Å².